The summed E-state index contributed by atoms with van der Waals surface area (Å²) in [5.74, 6) is 0.758. The molecule has 0 unspecified atom stereocenters. The number of aryl methyl sites for hydroxylation is 1. The molecule has 6 nitrogen and oxygen atoms in total. The fraction of sp³-hybridized carbons (Fsp3) is 0.357. The maximum Gasteiger partial charge on any atom is 0.407 e. The number of nitrogens with zero attached hydrogens (tertiary/aromatic N) is 1. The van der Waals surface area contributed by atoms with Crippen molar-refractivity contribution in [2.24, 2.45) is 0 Å². The molecule has 0 atom stereocenters. The molecule has 182 valence electrons. The third-order valence-corrected chi connectivity index (χ3v) is 8.14. The summed E-state index contributed by atoms with van der Waals surface area (Å²) < 4.78 is 6.51. The number of carboxylic acid groups (broad SMARTS) is 1. The quantitative estimate of drug-likeness (QED) is 0.333. The number of fused-ring (bicyclic) bond motifs is 3. The molecular formula is C28H30N2O4S. The lowest BCUT2D eigenvalue weighted by atomic mass is 9.90. The molecule has 4 aromatic rings. The van der Waals surface area contributed by atoms with Gasteiger partial charge in [0.25, 0.3) is 5.56 Å². The van der Waals surface area contributed by atoms with E-state index in [1.807, 2.05) is 45.2 Å². The van der Waals surface area contributed by atoms with Gasteiger partial charge in [-0.3, -0.25) is 4.79 Å². The minimum absolute atomic E-state index is 0.0745. The van der Waals surface area contributed by atoms with Crippen LogP contribution in [0.15, 0.2) is 46.6 Å². The highest BCUT2D eigenvalue weighted by atomic mass is 32.1. The number of ether oxygens (including phenoxy) is 1. The van der Waals surface area contributed by atoms with Crippen LogP contribution in [0.3, 0.4) is 0 Å². The number of aromatic amines is 1. The number of thiophene rings is 1. The number of methoxy groups -OCH3 is 1. The monoisotopic (exact) mass is 490 g/mol. The SMILES string of the molecule is COc1cc(C)c2[nH]c(=O)c3sccc3c2c1-c1ccc(C2(CN(C(=O)O)C(C)(C)C)CC2)cc1. The Morgan fingerprint density at radius 3 is 2.46 bits per heavy atom. The number of hydrogen-bond acceptors (Lipinski definition) is 4. The van der Waals surface area contributed by atoms with Crippen LogP contribution in [-0.4, -0.2) is 40.3 Å². The van der Waals surface area contributed by atoms with Crippen molar-refractivity contribution < 1.29 is 14.6 Å². The van der Waals surface area contributed by atoms with E-state index in [0.29, 0.717) is 11.2 Å². The van der Waals surface area contributed by atoms with Crippen LogP contribution in [0.1, 0.15) is 44.7 Å². The van der Waals surface area contributed by atoms with Crippen LogP contribution < -0.4 is 10.3 Å². The second kappa shape index (κ2) is 8.12. The molecule has 0 radical (unpaired) electrons. The van der Waals surface area contributed by atoms with Gasteiger partial charge in [-0.1, -0.05) is 24.3 Å². The van der Waals surface area contributed by atoms with Gasteiger partial charge in [0.15, 0.2) is 0 Å². The molecule has 5 rings (SSSR count). The number of amides is 1. The van der Waals surface area contributed by atoms with E-state index in [1.165, 1.54) is 11.3 Å². The normalized spacial score (nSPS) is 14.9. The van der Waals surface area contributed by atoms with Gasteiger partial charge in [0, 0.05) is 33.8 Å². The third-order valence-electron chi connectivity index (χ3n) is 7.23. The van der Waals surface area contributed by atoms with Crippen LogP contribution in [0.2, 0.25) is 0 Å². The van der Waals surface area contributed by atoms with Gasteiger partial charge in [-0.05, 0) is 74.7 Å². The van der Waals surface area contributed by atoms with Gasteiger partial charge in [0.1, 0.15) is 10.4 Å². The van der Waals surface area contributed by atoms with E-state index >= 15 is 0 Å². The van der Waals surface area contributed by atoms with Crippen LogP contribution in [0.4, 0.5) is 4.79 Å². The Balaban J connectivity index is 1.62. The van der Waals surface area contributed by atoms with E-state index < -0.39 is 11.6 Å². The van der Waals surface area contributed by atoms with Crippen molar-refractivity contribution in [3.8, 4) is 16.9 Å². The van der Waals surface area contributed by atoms with Crippen molar-refractivity contribution in [2.45, 2.75) is 51.5 Å². The molecule has 0 bridgehead atoms. The Kier molecular flexibility index (Phi) is 5.44. The Hall–Kier alpha value is -3.32. The minimum Gasteiger partial charge on any atom is -0.496 e. The molecule has 0 spiro atoms. The Morgan fingerprint density at radius 1 is 1.20 bits per heavy atom. The highest BCUT2D eigenvalue weighted by molar-refractivity contribution is 7.17. The lowest BCUT2D eigenvalue weighted by molar-refractivity contribution is 0.0934. The molecule has 2 heterocycles. The summed E-state index contributed by atoms with van der Waals surface area (Å²) in [7, 11) is 1.67. The number of hydrogen-bond donors (Lipinski definition) is 2. The van der Waals surface area contributed by atoms with Crippen molar-refractivity contribution in [3.63, 3.8) is 0 Å². The highest BCUT2D eigenvalue weighted by Crippen LogP contribution is 2.50. The number of rotatable bonds is 5. The summed E-state index contributed by atoms with van der Waals surface area (Å²) in [6, 6.07) is 12.4. The first-order valence-electron chi connectivity index (χ1n) is 11.8. The Morgan fingerprint density at radius 2 is 1.89 bits per heavy atom. The molecule has 35 heavy (non-hydrogen) atoms. The molecule has 2 N–H and O–H groups in total. The van der Waals surface area contributed by atoms with Gasteiger partial charge < -0.3 is 19.7 Å². The zero-order valence-electron chi connectivity index (χ0n) is 20.7. The lowest BCUT2D eigenvalue weighted by Gasteiger charge is -2.36. The number of carbonyl (C=O) groups is 1. The summed E-state index contributed by atoms with van der Waals surface area (Å²) in [6.07, 6.45) is 1.06. The maximum absolute atomic E-state index is 12.7. The third kappa shape index (κ3) is 3.88. The zero-order valence-corrected chi connectivity index (χ0v) is 21.5. The predicted octanol–water partition coefficient (Wildman–Crippen LogP) is 6.54. The molecule has 1 aliphatic rings. The molecule has 0 aliphatic heterocycles. The Labute approximate surface area is 208 Å². The molecular weight excluding hydrogens is 460 g/mol. The van der Waals surface area contributed by atoms with Gasteiger partial charge in [0.05, 0.1) is 12.6 Å². The number of H-pyrrole nitrogens is 1. The standard InChI is InChI=1S/C28H30N2O4S/c1-16-14-20(34-5)21(22-19-10-13-35-24(19)25(31)29-23(16)22)17-6-8-18(9-7-17)28(11-12-28)15-30(26(32)33)27(2,3)4/h6-10,13-14H,11-12,15H2,1-5H3,(H,29,31)(H,32,33). The summed E-state index contributed by atoms with van der Waals surface area (Å²) in [4.78, 5) is 29.2. The van der Waals surface area contributed by atoms with E-state index in [-0.39, 0.29) is 11.0 Å². The summed E-state index contributed by atoms with van der Waals surface area (Å²) >= 11 is 1.44. The average molecular weight is 491 g/mol. The summed E-state index contributed by atoms with van der Waals surface area (Å²) in [5, 5.41) is 13.7. The number of aromatic nitrogens is 1. The topological polar surface area (TPSA) is 82.6 Å². The molecule has 1 saturated carbocycles. The first-order chi connectivity index (χ1) is 16.6. The van der Waals surface area contributed by atoms with E-state index in [2.05, 4.69) is 29.2 Å². The first-order valence-corrected chi connectivity index (χ1v) is 12.7. The van der Waals surface area contributed by atoms with E-state index in [4.69, 9.17) is 4.74 Å². The second-order valence-electron chi connectivity index (χ2n) is 10.5. The predicted molar refractivity (Wildman–Crippen MR) is 142 cm³/mol. The molecule has 1 fully saturated rings. The molecule has 2 aromatic carbocycles. The molecule has 0 saturated heterocycles. The van der Waals surface area contributed by atoms with Crippen molar-refractivity contribution in [1.29, 1.82) is 0 Å². The van der Waals surface area contributed by atoms with Crippen molar-refractivity contribution >= 4 is 38.4 Å². The van der Waals surface area contributed by atoms with Crippen LogP contribution >= 0.6 is 11.3 Å². The Bertz CT molecular complexity index is 1500. The van der Waals surface area contributed by atoms with Gasteiger partial charge in [-0.15, -0.1) is 11.3 Å². The summed E-state index contributed by atoms with van der Waals surface area (Å²) in [6.45, 7) is 8.27. The zero-order chi connectivity index (χ0) is 25.1. The summed E-state index contributed by atoms with van der Waals surface area (Å²) in [5.41, 5.74) is 4.20. The van der Waals surface area contributed by atoms with Crippen molar-refractivity contribution in [1.82, 2.24) is 9.88 Å². The lowest BCUT2D eigenvalue weighted by Crippen LogP contribution is -2.48. The first kappa shape index (κ1) is 23.4. The van der Waals surface area contributed by atoms with Gasteiger partial charge >= 0.3 is 6.09 Å². The largest absolute Gasteiger partial charge is 0.496 e. The number of pyridine rings is 1. The van der Waals surface area contributed by atoms with Crippen LogP contribution in [0.5, 0.6) is 5.75 Å². The molecule has 1 aliphatic carbocycles. The fourth-order valence-corrected chi connectivity index (χ4v) is 5.89. The molecule has 2 aromatic heterocycles. The van der Waals surface area contributed by atoms with E-state index in [1.54, 1.807) is 12.0 Å². The van der Waals surface area contributed by atoms with E-state index in [0.717, 1.165) is 57.1 Å². The molecule has 7 heteroatoms. The average Bonchev–Trinajstić information content (AvgIpc) is 3.42. The van der Waals surface area contributed by atoms with Crippen molar-refractivity contribution in [3.05, 3.63) is 63.3 Å². The van der Waals surface area contributed by atoms with Crippen LogP contribution in [-0.2, 0) is 5.41 Å². The number of benzene rings is 2. The second-order valence-corrected chi connectivity index (χ2v) is 11.5. The van der Waals surface area contributed by atoms with Gasteiger partial charge in [-0.25, -0.2) is 4.79 Å². The van der Waals surface area contributed by atoms with Gasteiger partial charge in [-0.2, -0.15) is 0 Å². The molecule has 1 amide bonds. The van der Waals surface area contributed by atoms with Crippen LogP contribution in [0, 0.1) is 6.92 Å². The van der Waals surface area contributed by atoms with Crippen LogP contribution in [0.25, 0.3) is 32.1 Å². The minimum atomic E-state index is -0.884. The van der Waals surface area contributed by atoms with Crippen molar-refractivity contribution in [2.75, 3.05) is 13.7 Å². The van der Waals surface area contributed by atoms with E-state index in [9.17, 15) is 14.7 Å². The fourth-order valence-electron chi connectivity index (χ4n) is 5.09. The maximum atomic E-state index is 12.7. The highest BCUT2D eigenvalue weighted by Gasteiger charge is 2.48. The van der Waals surface area contributed by atoms with Gasteiger partial charge in [0.2, 0.25) is 0 Å². The number of nitrogens with one attached hydrogen (secondary N) is 1. The smallest absolute Gasteiger partial charge is 0.407 e.